The van der Waals surface area contributed by atoms with Gasteiger partial charge in [-0.25, -0.2) is 23.8 Å². The number of nitrogen functional groups attached to an aromatic ring is 1. The van der Waals surface area contributed by atoms with Crippen LogP contribution in [0.25, 0.3) is 11.2 Å². The number of nitrogens with two attached hydrogens (primary N) is 1. The molecule has 18 nitrogen and oxygen atoms in total. The molecule has 32 heavy (non-hydrogen) atoms. The van der Waals surface area contributed by atoms with Gasteiger partial charge in [-0.05, 0) is 0 Å². The van der Waals surface area contributed by atoms with Crippen LogP contribution in [0.5, 0.6) is 0 Å². The molecule has 6 atom stereocenters. The van der Waals surface area contributed by atoms with Crippen LogP contribution in [0.1, 0.15) is 6.23 Å². The molecule has 2 unspecified atom stereocenters. The number of ether oxygens (including phenoxy) is 1. The molecule has 2 aromatic rings. The van der Waals surface area contributed by atoms with Crippen LogP contribution >= 0.6 is 23.5 Å². The topological polar surface area (TPSA) is 288 Å². The van der Waals surface area contributed by atoms with Crippen LogP contribution in [0, 0.1) is 38.6 Å². The van der Waals surface area contributed by atoms with Gasteiger partial charge in [-0.1, -0.05) is 0 Å². The summed E-state index contributed by atoms with van der Waals surface area (Å²) < 4.78 is 50.7. The first-order valence-corrected chi connectivity index (χ1v) is 12.3. The van der Waals surface area contributed by atoms with E-state index >= 15 is 0 Å². The van der Waals surface area contributed by atoms with Gasteiger partial charge in [0.15, 0.2) is 17.7 Å². The smallest absolute Gasteiger partial charge is 0.789 e. The van der Waals surface area contributed by atoms with Crippen molar-refractivity contribution in [3.05, 3.63) is 12.7 Å². The van der Waals surface area contributed by atoms with Crippen LogP contribution in [-0.4, -0.2) is 59.5 Å². The molecule has 1 saturated heterocycles. The Morgan fingerprint density at radius 1 is 1.12 bits per heavy atom. The zero-order chi connectivity index (χ0) is 23.2. The zero-order valence-electron chi connectivity index (χ0n) is 15.1. The molecule has 2 aromatic heterocycles. The maximum absolute atomic E-state index is 11.6. The molecule has 0 aromatic carbocycles. The van der Waals surface area contributed by atoms with Crippen LogP contribution in [0.3, 0.4) is 0 Å². The maximum Gasteiger partial charge on any atom is 3.00 e. The second-order valence-corrected chi connectivity index (χ2v) is 10.2. The quantitative estimate of drug-likeness (QED) is 0.199. The van der Waals surface area contributed by atoms with Gasteiger partial charge in [0.05, 0.1) is 20.8 Å². The average molecular weight is 663 g/mol. The summed E-state index contributed by atoms with van der Waals surface area (Å²) in [5.74, 6) is 0.0254. The number of anilines is 1. The molecule has 3 heterocycles. The molecule has 5 N–H and O–H groups in total. The minimum absolute atomic E-state index is 0. The Hall–Kier alpha value is -0.0743. The third-order valence-electron chi connectivity index (χ3n) is 3.80. The summed E-state index contributed by atoms with van der Waals surface area (Å²) in [4.78, 5) is 52.9. The molecular weight excluding hydrogens is 650 g/mol. The van der Waals surface area contributed by atoms with E-state index < -0.39 is 54.6 Å². The maximum atomic E-state index is 11.6. The van der Waals surface area contributed by atoms with Crippen molar-refractivity contribution < 1.29 is 100.0 Å². The summed E-state index contributed by atoms with van der Waals surface area (Å²) in [5.41, 5.74) is 5.94. The van der Waals surface area contributed by atoms with E-state index in [4.69, 9.17) is 15.4 Å². The van der Waals surface area contributed by atoms with Crippen molar-refractivity contribution >= 4 is 40.4 Å². The first kappa shape index (κ1) is 28.2. The van der Waals surface area contributed by atoms with E-state index in [1.165, 1.54) is 10.9 Å². The zero-order valence-corrected chi connectivity index (χ0v) is 20.0. The predicted molar refractivity (Wildman–Crippen MR) is 88.8 cm³/mol. The van der Waals surface area contributed by atoms with Gasteiger partial charge in [0.2, 0.25) is 0 Å². The summed E-state index contributed by atoms with van der Waals surface area (Å²) >= 11 is 0. The monoisotopic (exact) mass is 663 g/mol. The third kappa shape index (κ3) is 6.75. The first-order valence-electron chi connectivity index (χ1n) is 7.87. The Labute approximate surface area is 208 Å². The minimum Gasteiger partial charge on any atom is -0.789 e. The Balaban J connectivity index is 0.00000363. The van der Waals surface area contributed by atoms with Gasteiger partial charge < -0.3 is 49.3 Å². The fraction of sp³-hybridized carbons (Fsp3) is 0.500. The minimum atomic E-state index is -6.07. The molecule has 0 saturated carbocycles. The number of fused-ring (bicyclic) bond motifs is 1. The van der Waals surface area contributed by atoms with Crippen molar-refractivity contribution in [1.82, 2.24) is 19.5 Å². The van der Waals surface area contributed by atoms with Gasteiger partial charge >= 0.3 is 46.4 Å². The van der Waals surface area contributed by atoms with Crippen molar-refractivity contribution in [2.45, 2.75) is 24.5 Å². The summed E-state index contributed by atoms with van der Waals surface area (Å²) in [6.07, 6.45) is -3.92. The Kier molecular flexibility index (Phi) is 9.04. The standard InChI is InChI=1S/C10H16N5O13P3.Tb/c11-8-5-9(13-2-12-8)15(3-14-5)10-7(17)6(16)4(26-10)1-25-30(21,22)28-31(23,24)27-29(18,19)20;/h2-4,6-7,10,16-17H,1H2,(H,21,22)(H,23,24)(H2,11,12,13)(H2,18,19,20);/q;+3/p-3/t4-,6-,7-,10-;/m1./s1. The van der Waals surface area contributed by atoms with E-state index in [1.807, 2.05) is 0 Å². The number of aliphatic hydroxyl groups is 2. The molecule has 0 aliphatic carbocycles. The number of hydrogen-bond acceptors (Lipinski definition) is 16. The Morgan fingerprint density at radius 2 is 1.78 bits per heavy atom. The van der Waals surface area contributed by atoms with Gasteiger partial charge in [-0.3, -0.25) is 13.4 Å². The van der Waals surface area contributed by atoms with Gasteiger partial charge in [0.1, 0.15) is 30.2 Å². The van der Waals surface area contributed by atoms with E-state index in [0.29, 0.717) is 0 Å². The van der Waals surface area contributed by atoms with E-state index in [2.05, 4.69) is 28.1 Å². The predicted octanol–water partition coefficient (Wildman–Crippen LogP) is -3.52. The summed E-state index contributed by atoms with van der Waals surface area (Å²) in [5, 5.41) is 20.3. The molecular formula is C10H13N5O13P3Tb. The second-order valence-electron chi connectivity index (χ2n) is 5.95. The Bertz CT molecular complexity index is 1110. The molecule has 1 aliphatic rings. The molecule has 0 spiro atoms. The van der Waals surface area contributed by atoms with E-state index in [-0.39, 0.29) is 55.6 Å². The van der Waals surface area contributed by atoms with E-state index in [1.54, 1.807) is 0 Å². The van der Waals surface area contributed by atoms with Crippen molar-refractivity contribution in [1.29, 1.82) is 0 Å². The summed E-state index contributed by atoms with van der Waals surface area (Å²) in [6.45, 7) is -1.05. The number of phosphoric ester groups is 1. The largest absolute Gasteiger partial charge is 3.00 e. The molecule has 0 amide bonds. The third-order valence-corrected chi connectivity index (χ3v) is 7.52. The average Bonchev–Trinajstić information content (AvgIpc) is 3.13. The fourth-order valence-corrected chi connectivity index (χ4v) is 5.54. The first-order chi connectivity index (χ1) is 14.2. The van der Waals surface area contributed by atoms with Crippen LogP contribution in [0.4, 0.5) is 5.82 Å². The number of rotatable bonds is 8. The summed E-state index contributed by atoms with van der Waals surface area (Å²) in [7, 11) is -17.7. The van der Waals surface area contributed by atoms with Crippen molar-refractivity contribution in [3.8, 4) is 0 Å². The summed E-state index contributed by atoms with van der Waals surface area (Å²) in [6, 6.07) is 0. The number of phosphoric acid groups is 3. The fourth-order valence-electron chi connectivity index (χ4n) is 2.61. The van der Waals surface area contributed by atoms with Crippen molar-refractivity contribution in [2.75, 3.05) is 12.3 Å². The molecule has 1 aliphatic heterocycles. The number of imidazole rings is 1. The number of hydrogen-bond donors (Lipinski definition) is 4. The number of aromatic nitrogens is 4. The van der Waals surface area contributed by atoms with Gasteiger partial charge in [0, 0.05) is 0 Å². The van der Waals surface area contributed by atoms with Crippen LogP contribution < -0.4 is 20.4 Å². The van der Waals surface area contributed by atoms with Crippen LogP contribution in [-0.2, 0) is 31.6 Å². The molecule has 0 radical (unpaired) electrons. The molecule has 0 bridgehead atoms. The number of nitrogens with zero attached hydrogens (tertiary/aromatic N) is 4. The van der Waals surface area contributed by atoms with Crippen LogP contribution in [0.2, 0.25) is 0 Å². The van der Waals surface area contributed by atoms with Gasteiger partial charge in [-0.15, -0.1) is 0 Å². The van der Waals surface area contributed by atoms with Gasteiger partial charge in [-0.2, -0.15) is 0 Å². The number of aliphatic hydroxyl groups excluding tert-OH is 2. The normalized spacial score (nSPS) is 27.6. The van der Waals surface area contributed by atoms with Crippen molar-refractivity contribution in [3.63, 3.8) is 0 Å². The van der Waals surface area contributed by atoms with Gasteiger partial charge in [0.25, 0.3) is 7.82 Å². The molecule has 180 valence electrons. The van der Waals surface area contributed by atoms with Crippen molar-refractivity contribution in [2.24, 2.45) is 0 Å². The molecule has 1 fully saturated rings. The van der Waals surface area contributed by atoms with Crippen LogP contribution in [0.15, 0.2) is 12.7 Å². The van der Waals surface area contributed by atoms with E-state index in [0.717, 1.165) is 6.33 Å². The molecule has 3 rings (SSSR count). The van der Waals surface area contributed by atoms with E-state index in [9.17, 15) is 38.6 Å². The Morgan fingerprint density at radius 3 is 2.41 bits per heavy atom. The SMILES string of the molecule is Nc1ncnc2c1ncn2[C@@H]1O[C@H](COP(=O)([O-])OP(=O)(O)OP(=O)([O-])[O-])[C@@H](O)[C@H]1O.[Tb+3]. The molecule has 22 heteroatoms. The second kappa shape index (κ2) is 10.3.